The van der Waals surface area contributed by atoms with Gasteiger partial charge in [-0.3, -0.25) is 19.3 Å². The smallest absolute Gasteiger partial charge is 0.411 e. The van der Waals surface area contributed by atoms with Gasteiger partial charge in [0.05, 0.1) is 13.7 Å². The average molecular weight is 834 g/mol. The SMILES string of the molecule is COC[C@@H]1C[C@H](C(=O)OCC(=O)c2ccc3c(c2)COc2cc4c(cc2-3)CCC(OC(=O)[C@@H]2CC[C@H](C)N2C(=O)[C@@H](NC(=O)OC)C(C)C)C4=O)N(C(=O)OC(C)(C)C)C1. The summed E-state index contributed by atoms with van der Waals surface area (Å²) in [5.41, 5.74) is 2.98. The number of nitrogens with one attached hydrogen (secondary N) is 1. The van der Waals surface area contributed by atoms with Crippen LogP contribution in [-0.2, 0) is 51.1 Å². The molecule has 0 saturated carbocycles. The van der Waals surface area contributed by atoms with Crippen molar-refractivity contribution in [2.24, 2.45) is 11.8 Å². The predicted molar refractivity (Wildman–Crippen MR) is 214 cm³/mol. The summed E-state index contributed by atoms with van der Waals surface area (Å²) in [7, 11) is 2.76. The van der Waals surface area contributed by atoms with E-state index in [1.807, 2.05) is 13.0 Å². The van der Waals surface area contributed by atoms with Gasteiger partial charge in [-0.2, -0.15) is 0 Å². The summed E-state index contributed by atoms with van der Waals surface area (Å²) in [5.74, 6) is -2.50. The van der Waals surface area contributed by atoms with Gasteiger partial charge in [0.15, 0.2) is 18.5 Å². The number of Topliss-reactive ketones (excluding diaryl/α,β-unsaturated/α-hetero) is 2. The maximum absolute atomic E-state index is 13.8. The van der Waals surface area contributed by atoms with Crippen molar-refractivity contribution < 1.29 is 62.0 Å². The van der Waals surface area contributed by atoms with E-state index >= 15 is 0 Å². The van der Waals surface area contributed by atoms with Gasteiger partial charge in [-0.05, 0) is 101 Å². The number of benzene rings is 2. The first-order valence-electron chi connectivity index (χ1n) is 20.4. The lowest BCUT2D eigenvalue weighted by Gasteiger charge is -2.33. The maximum atomic E-state index is 13.8. The number of carbonyl (C=O) groups excluding carboxylic acids is 7. The topological polar surface area (TPSA) is 193 Å². The van der Waals surface area contributed by atoms with Crippen molar-refractivity contribution in [3.8, 4) is 16.9 Å². The van der Waals surface area contributed by atoms with Gasteiger partial charge in [0.1, 0.15) is 36.1 Å². The minimum atomic E-state index is -1.05. The van der Waals surface area contributed by atoms with Crippen LogP contribution >= 0.6 is 0 Å². The van der Waals surface area contributed by atoms with Crippen molar-refractivity contribution in [1.29, 1.82) is 0 Å². The van der Waals surface area contributed by atoms with Crippen molar-refractivity contribution >= 4 is 41.6 Å². The molecule has 0 bridgehead atoms. The number of aryl methyl sites for hydroxylation is 1. The molecular formula is C44H55N3O13. The van der Waals surface area contributed by atoms with Crippen LogP contribution in [-0.4, -0.2) is 121 Å². The summed E-state index contributed by atoms with van der Waals surface area (Å²) in [6.07, 6.45) is -0.538. The van der Waals surface area contributed by atoms with Crippen LogP contribution in [0.25, 0.3) is 11.1 Å². The Morgan fingerprint density at radius 3 is 2.35 bits per heavy atom. The molecule has 3 aliphatic heterocycles. The lowest BCUT2D eigenvalue weighted by molar-refractivity contribution is -0.158. The maximum Gasteiger partial charge on any atom is 0.411 e. The molecule has 324 valence electrons. The lowest BCUT2D eigenvalue weighted by atomic mass is 9.84. The predicted octanol–water partition coefficient (Wildman–Crippen LogP) is 5.04. The van der Waals surface area contributed by atoms with Crippen molar-refractivity contribution in [1.82, 2.24) is 15.1 Å². The molecule has 2 aromatic rings. The Morgan fingerprint density at radius 2 is 1.67 bits per heavy atom. The molecule has 16 heteroatoms. The van der Waals surface area contributed by atoms with Gasteiger partial charge in [0, 0.05) is 42.3 Å². The first kappa shape index (κ1) is 44.1. The second-order valence-electron chi connectivity index (χ2n) is 17.3. The van der Waals surface area contributed by atoms with E-state index in [1.54, 1.807) is 66.0 Å². The van der Waals surface area contributed by atoms with Gasteiger partial charge in [0.2, 0.25) is 11.7 Å². The lowest BCUT2D eigenvalue weighted by Crippen LogP contribution is -2.56. The number of rotatable bonds is 11. The van der Waals surface area contributed by atoms with Gasteiger partial charge in [0.25, 0.3) is 0 Å². The van der Waals surface area contributed by atoms with Gasteiger partial charge >= 0.3 is 24.1 Å². The third-order valence-electron chi connectivity index (χ3n) is 11.4. The number of alkyl carbamates (subject to hydrolysis) is 1. The van der Waals surface area contributed by atoms with Crippen molar-refractivity contribution in [2.45, 2.75) is 116 Å². The third kappa shape index (κ3) is 9.43. The first-order valence-corrected chi connectivity index (χ1v) is 20.4. The molecule has 0 aromatic heterocycles. The number of fused-ring (bicyclic) bond motifs is 4. The highest BCUT2D eigenvalue weighted by Gasteiger charge is 2.45. The van der Waals surface area contributed by atoms with E-state index in [1.165, 1.54) is 16.9 Å². The highest BCUT2D eigenvalue weighted by Crippen LogP contribution is 2.42. The summed E-state index contributed by atoms with van der Waals surface area (Å²) in [6.45, 7) is 10.8. The van der Waals surface area contributed by atoms with E-state index in [0.717, 1.165) is 22.3 Å². The number of ketones is 2. The molecule has 2 aromatic carbocycles. The van der Waals surface area contributed by atoms with Crippen LogP contribution in [0.1, 0.15) is 99.1 Å². The summed E-state index contributed by atoms with van der Waals surface area (Å²) in [5, 5.41) is 2.57. The largest absolute Gasteiger partial charge is 0.488 e. The molecule has 3 amide bonds. The number of hydrogen-bond donors (Lipinski definition) is 1. The molecule has 1 unspecified atom stereocenters. The Labute approximate surface area is 349 Å². The van der Waals surface area contributed by atoms with Crippen LogP contribution in [0.2, 0.25) is 0 Å². The third-order valence-corrected chi connectivity index (χ3v) is 11.4. The fourth-order valence-electron chi connectivity index (χ4n) is 8.41. The number of carbonyl (C=O) groups is 7. The van der Waals surface area contributed by atoms with E-state index in [4.69, 9.17) is 28.4 Å². The summed E-state index contributed by atoms with van der Waals surface area (Å²) < 4.78 is 32.9. The summed E-state index contributed by atoms with van der Waals surface area (Å²) in [6, 6.07) is 5.65. The zero-order chi connectivity index (χ0) is 43.6. The highest BCUT2D eigenvalue weighted by atomic mass is 16.6. The first-order chi connectivity index (χ1) is 28.4. The molecule has 4 aliphatic rings. The van der Waals surface area contributed by atoms with Crippen LogP contribution in [0, 0.1) is 11.8 Å². The fraction of sp³-hybridized carbons (Fsp3) is 0.568. The number of methoxy groups -OCH3 is 2. The van der Waals surface area contributed by atoms with Gasteiger partial charge < -0.3 is 38.6 Å². The number of likely N-dealkylation sites (tertiary alicyclic amines) is 2. The molecule has 2 saturated heterocycles. The minimum Gasteiger partial charge on any atom is -0.488 e. The minimum absolute atomic E-state index is 0.0968. The number of nitrogens with zero attached hydrogens (tertiary/aromatic N) is 2. The Balaban J connectivity index is 1.10. The second kappa shape index (κ2) is 18.0. The quantitative estimate of drug-likeness (QED) is 0.180. The molecule has 1 aliphatic carbocycles. The normalized spacial score (nSPS) is 22.5. The summed E-state index contributed by atoms with van der Waals surface area (Å²) in [4.78, 5) is 95.3. The van der Waals surface area contributed by atoms with Crippen molar-refractivity contribution in [2.75, 3.05) is 34.0 Å². The van der Waals surface area contributed by atoms with E-state index in [0.29, 0.717) is 49.2 Å². The molecular weight excluding hydrogens is 778 g/mol. The number of amides is 3. The number of ether oxygens (including phenoxy) is 6. The molecule has 16 nitrogen and oxygen atoms in total. The number of hydrogen-bond acceptors (Lipinski definition) is 13. The second-order valence-corrected chi connectivity index (χ2v) is 17.3. The average Bonchev–Trinajstić information content (AvgIpc) is 3.82. The summed E-state index contributed by atoms with van der Waals surface area (Å²) >= 11 is 0. The fourth-order valence-corrected chi connectivity index (χ4v) is 8.41. The monoisotopic (exact) mass is 833 g/mol. The van der Waals surface area contributed by atoms with Gasteiger partial charge in [-0.1, -0.05) is 26.0 Å². The van der Waals surface area contributed by atoms with Crippen LogP contribution in [0.5, 0.6) is 5.75 Å². The van der Waals surface area contributed by atoms with Gasteiger partial charge in [-0.25, -0.2) is 19.2 Å². The van der Waals surface area contributed by atoms with Crippen molar-refractivity contribution in [3.63, 3.8) is 0 Å². The molecule has 2 fully saturated rings. The van der Waals surface area contributed by atoms with Crippen LogP contribution in [0.4, 0.5) is 9.59 Å². The molecule has 0 spiro atoms. The van der Waals surface area contributed by atoms with E-state index < -0.39 is 72.3 Å². The molecule has 3 heterocycles. The molecule has 1 N–H and O–H groups in total. The Morgan fingerprint density at radius 1 is 0.917 bits per heavy atom. The van der Waals surface area contributed by atoms with Crippen LogP contribution in [0.15, 0.2) is 30.3 Å². The van der Waals surface area contributed by atoms with Crippen LogP contribution < -0.4 is 10.1 Å². The highest BCUT2D eigenvalue weighted by molar-refractivity contribution is 6.04. The number of esters is 2. The molecule has 6 rings (SSSR count). The standard InChI is InChI=1S/C44H55N3O13/c1-23(2)37(45-42(53)56-8)39(50)47-24(3)9-13-32(47)41(52)59-35-14-11-26-17-31-29-12-10-27(16-28(29)21-57-36(31)18-30(26)38(35)49)34(48)22-58-40(51)33-15-25(20-55-7)19-46(33)43(54)60-44(4,5)6/h10,12,16-18,23-25,32-33,35,37H,9,11,13-15,19-22H2,1-8H3,(H,45,53)/t24-,25+,32-,33+,35?,37-/m0/s1. The Hall–Kier alpha value is -5.51. The zero-order valence-electron chi connectivity index (χ0n) is 35.5. The van der Waals surface area contributed by atoms with E-state index in [-0.39, 0.29) is 43.2 Å². The van der Waals surface area contributed by atoms with Gasteiger partial charge in [-0.15, -0.1) is 0 Å². The zero-order valence-corrected chi connectivity index (χ0v) is 35.5. The molecule has 0 radical (unpaired) electrons. The van der Waals surface area contributed by atoms with Crippen LogP contribution in [0.3, 0.4) is 0 Å². The Bertz CT molecular complexity index is 2040. The Kier molecular flexibility index (Phi) is 13.2. The van der Waals surface area contributed by atoms with E-state index in [2.05, 4.69) is 5.32 Å². The molecule has 60 heavy (non-hydrogen) atoms. The van der Waals surface area contributed by atoms with Crippen molar-refractivity contribution in [3.05, 3.63) is 52.6 Å². The van der Waals surface area contributed by atoms with E-state index in [9.17, 15) is 33.6 Å². The molecule has 6 atom stereocenters.